The number of phenols is 1. The van der Waals surface area contributed by atoms with Crippen LogP contribution in [0.2, 0.25) is 0 Å². The number of halogens is 2. The number of anilines is 1. The fourth-order valence-corrected chi connectivity index (χ4v) is 8.02. The zero-order valence-electron chi connectivity index (χ0n) is 21.7. The van der Waals surface area contributed by atoms with E-state index in [0.29, 0.717) is 5.57 Å². The number of non-ortho nitro benzene ring substituents is 1. The summed E-state index contributed by atoms with van der Waals surface area (Å²) >= 11 is 14.2. The molecule has 0 aromatic heterocycles. The summed E-state index contributed by atoms with van der Waals surface area (Å²) in [6.07, 6.45) is 1.68. The van der Waals surface area contributed by atoms with Crippen molar-refractivity contribution in [1.29, 1.82) is 0 Å². The van der Waals surface area contributed by atoms with Crippen molar-refractivity contribution in [3.8, 4) is 11.5 Å². The molecule has 212 valence electrons. The summed E-state index contributed by atoms with van der Waals surface area (Å²) in [6.45, 7) is 0. The van der Waals surface area contributed by atoms with E-state index in [-0.39, 0.29) is 41.3 Å². The van der Waals surface area contributed by atoms with Crippen LogP contribution >= 0.6 is 23.2 Å². The molecular weight excluding hydrogens is 577 g/mol. The van der Waals surface area contributed by atoms with Crippen molar-refractivity contribution in [2.45, 2.75) is 28.5 Å². The molecule has 1 N–H and O–H groups in total. The number of methoxy groups -OCH3 is 1. The van der Waals surface area contributed by atoms with Gasteiger partial charge in [-0.15, -0.1) is 23.2 Å². The number of rotatable bonds is 4. The number of carbonyl (C=O) groups is 4. The number of ether oxygens (including phenoxy) is 1. The molecule has 13 heteroatoms. The van der Waals surface area contributed by atoms with Crippen LogP contribution in [0.15, 0.2) is 54.1 Å². The first-order chi connectivity index (χ1) is 19.4. The standard InChI is InChI=1S/C28H23Cl2N3O8/c1-31-25(37)27(29)12-18-15(21(28(27,30)26(31)38)17-4-3-5-19(41-2)22(17)34)10-11-16-20(18)24(36)32(23(16)35)13-6-8-14(9-7-13)33(39)40/h3-10,16,18,20-21,34H,11-12H2,1-2H3/t16-,18+,20-,21+,27+,28-/m0/s1. The number of hydrogen-bond donors (Lipinski definition) is 1. The van der Waals surface area contributed by atoms with Gasteiger partial charge < -0.3 is 9.84 Å². The van der Waals surface area contributed by atoms with E-state index in [1.807, 2.05) is 0 Å². The lowest BCUT2D eigenvalue weighted by molar-refractivity contribution is -0.384. The highest BCUT2D eigenvalue weighted by Gasteiger charge is 2.76. The number of benzene rings is 2. The lowest BCUT2D eigenvalue weighted by atomic mass is 9.56. The van der Waals surface area contributed by atoms with Gasteiger partial charge in [0, 0.05) is 30.7 Å². The van der Waals surface area contributed by atoms with Crippen molar-refractivity contribution in [2.24, 2.45) is 17.8 Å². The molecule has 4 aliphatic rings. The Hall–Kier alpha value is -3.96. The monoisotopic (exact) mass is 599 g/mol. The molecule has 2 saturated heterocycles. The highest BCUT2D eigenvalue weighted by Crippen LogP contribution is 2.66. The van der Waals surface area contributed by atoms with E-state index in [4.69, 9.17) is 27.9 Å². The minimum Gasteiger partial charge on any atom is -0.504 e. The second kappa shape index (κ2) is 9.02. The second-order valence-electron chi connectivity index (χ2n) is 10.7. The largest absolute Gasteiger partial charge is 0.504 e. The van der Waals surface area contributed by atoms with Crippen molar-refractivity contribution < 1.29 is 33.9 Å². The third kappa shape index (κ3) is 3.39. The van der Waals surface area contributed by atoms with Gasteiger partial charge >= 0.3 is 0 Å². The second-order valence-corrected chi connectivity index (χ2v) is 11.9. The molecule has 2 aromatic rings. The molecule has 3 fully saturated rings. The number of nitro benzene ring substituents is 1. The van der Waals surface area contributed by atoms with Crippen LogP contribution in [-0.4, -0.2) is 62.5 Å². The lowest BCUT2D eigenvalue weighted by Gasteiger charge is -2.50. The number of phenolic OH excluding ortho intramolecular Hbond substituents is 1. The van der Waals surface area contributed by atoms with E-state index in [1.165, 1.54) is 44.5 Å². The lowest BCUT2D eigenvalue weighted by Crippen LogP contribution is -2.60. The summed E-state index contributed by atoms with van der Waals surface area (Å²) in [4.78, 5) is 63.0. The van der Waals surface area contributed by atoms with Gasteiger partial charge in [-0.05, 0) is 37.0 Å². The average molecular weight is 600 g/mol. The average Bonchev–Trinajstić information content (AvgIpc) is 3.28. The van der Waals surface area contributed by atoms with E-state index in [1.54, 1.807) is 18.2 Å². The summed E-state index contributed by atoms with van der Waals surface area (Å²) < 4.78 is 5.28. The molecule has 2 aliphatic heterocycles. The van der Waals surface area contributed by atoms with Gasteiger partial charge in [0.1, 0.15) is 0 Å². The fraction of sp³-hybridized carbons (Fsp3) is 0.357. The Balaban J connectivity index is 1.50. The van der Waals surface area contributed by atoms with Gasteiger partial charge in [0.2, 0.25) is 11.8 Å². The molecular formula is C28H23Cl2N3O8. The van der Waals surface area contributed by atoms with Crippen LogP contribution in [0.25, 0.3) is 0 Å². The number of aromatic hydroxyl groups is 1. The summed E-state index contributed by atoms with van der Waals surface area (Å²) in [5, 5.41) is 22.3. The maximum absolute atomic E-state index is 14.0. The van der Waals surface area contributed by atoms with Crippen LogP contribution in [-0.2, 0) is 19.2 Å². The van der Waals surface area contributed by atoms with Crippen LogP contribution in [0.5, 0.6) is 11.5 Å². The van der Waals surface area contributed by atoms with Gasteiger partial charge in [0.25, 0.3) is 17.5 Å². The number of hydrogen-bond acceptors (Lipinski definition) is 8. The number of nitrogens with zero attached hydrogens (tertiary/aromatic N) is 3. The first-order valence-electron chi connectivity index (χ1n) is 12.8. The minimum atomic E-state index is -2.04. The molecule has 6 rings (SSSR count). The molecule has 2 heterocycles. The first kappa shape index (κ1) is 27.2. The summed E-state index contributed by atoms with van der Waals surface area (Å²) in [5.74, 6) is -6.35. The van der Waals surface area contributed by atoms with E-state index in [2.05, 4.69) is 0 Å². The molecule has 2 aromatic carbocycles. The molecule has 2 aliphatic carbocycles. The smallest absolute Gasteiger partial charge is 0.269 e. The number of alkyl halides is 2. The summed E-state index contributed by atoms with van der Waals surface area (Å²) in [7, 11) is 2.64. The molecule has 4 amide bonds. The number of allylic oxidation sites excluding steroid dienone is 2. The Labute approximate surface area is 243 Å². The zero-order chi connectivity index (χ0) is 29.6. The molecule has 0 radical (unpaired) electrons. The number of imide groups is 2. The summed E-state index contributed by atoms with van der Waals surface area (Å²) in [5.41, 5.74) is 0.695. The van der Waals surface area contributed by atoms with Crippen LogP contribution in [0.1, 0.15) is 24.3 Å². The van der Waals surface area contributed by atoms with Crippen molar-refractivity contribution in [2.75, 3.05) is 19.1 Å². The van der Waals surface area contributed by atoms with Gasteiger partial charge in [-0.1, -0.05) is 23.8 Å². The van der Waals surface area contributed by atoms with Crippen LogP contribution in [0.3, 0.4) is 0 Å². The Bertz CT molecular complexity index is 1590. The number of likely N-dealkylation sites (tertiary alicyclic amines) is 1. The van der Waals surface area contributed by atoms with E-state index in [0.717, 1.165) is 9.80 Å². The number of carbonyl (C=O) groups excluding carboxylic acids is 4. The van der Waals surface area contributed by atoms with Crippen LogP contribution in [0, 0.1) is 27.9 Å². The fourth-order valence-electron chi connectivity index (χ4n) is 7.00. The normalized spacial score (nSPS) is 32.4. The van der Waals surface area contributed by atoms with E-state index < -0.39 is 62.0 Å². The molecule has 0 spiro atoms. The highest BCUT2D eigenvalue weighted by molar-refractivity contribution is 6.53. The molecule has 1 saturated carbocycles. The van der Waals surface area contributed by atoms with Crippen molar-refractivity contribution in [3.05, 3.63) is 69.8 Å². The van der Waals surface area contributed by atoms with Crippen LogP contribution < -0.4 is 9.64 Å². The maximum Gasteiger partial charge on any atom is 0.269 e. The van der Waals surface area contributed by atoms with Gasteiger partial charge in [0.05, 0.1) is 29.6 Å². The third-order valence-electron chi connectivity index (χ3n) is 8.89. The Morgan fingerprint density at radius 2 is 1.71 bits per heavy atom. The summed E-state index contributed by atoms with van der Waals surface area (Å²) in [6, 6.07) is 9.76. The van der Waals surface area contributed by atoms with Crippen molar-refractivity contribution in [3.63, 3.8) is 0 Å². The predicted molar refractivity (Wildman–Crippen MR) is 146 cm³/mol. The van der Waals surface area contributed by atoms with E-state index >= 15 is 0 Å². The predicted octanol–water partition coefficient (Wildman–Crippen LogP) is 3.50. The number of nitro groups is 1. The van der Waals surface area contributed by atoms with Gasteiger partial charge in [0.15, 0.2) is 21.2 Å². The molecule has 41 heavy (non-hydrogen) atoms. The molecule has 0 bridgehead atoms. The number of para-hydroxylation sites is 1. The van der Waals surface area contributed by atoms with E-state index in [9.17, 15) is 34.4 Å². The Morgan fingerprint density at radius 3 is 2.34 bits per heavy atom. The number of fused-ring (bicyclic) bond motifs is 4. The first-order valence-corrected chi connectivity index (χ1v) is 13.5. The molecule has 11 nitrogen and oxygen atoms in total. The number of amides is 4. The maximum atomic E-state index is 14.0. The third-order valence-corrected chi connectivity index (χ3v) is 10.3. The van der Waals surface area contributed by atoms with Gasteiger partial charge in [-0.3, -0.25) is 39.1 Å². The molecule has 6 atom stereocenters. The Kier molecular flexibility index (Phi) is 5.99. The van der Waals surface area contributed by atoms with Crippen molar-refractivity contribution >= 4 is 58.2 Å². The van der Waals surface area contributed by atoms with Crippen LogP contribution in [0.4, 0.5) is 11.4 Å². The van der Waals surface area contributed by atoms with Gasteiger partial charge in [-0.25, -0.2) is 0 Å². The highest BCUT2D eigenvalue weighted by atomic mass is 35.5. The Morgan fingerprint density at radius 1 is 1.02 bits per heavy atom. The quantitative estimate of drug-likeness (QED) is 0.184. The molecule has 0 unspecified atom stereocenters. The zero-order valence-corrected chi connectivity index (χ0v) is 23.3. The topological polar surface area (TPSA) is 147 Å². The SMILES string of the molecule is COc1cccc([C@H]2C3=CC[C@@H]4C(=O)N(c5ccc([N+](=O)[O-])cc5)C(=O)[C@@H]4[C@@H]3C[C@@]3(Cl)C(=O)N(C)C(=O)[C@@]23Cl)c1O. The van der Waals surface area contributed by atoms with Crippen molar-refractivity contribution in [1.82, 2.24) is 4.90 Å². The minimum absolute atomic E-state index is 0.112. The van der Waals surface area contributed by atoms with Gasteiger partial charge in [-0.2, -0.15) is 0 Å².